The molecule has 1 atom stereocenters. The van der Waals surface area contributed by atoms with Crippen molar-refractivity contribution in [2.45, 2.75) is 12.3 Å². The topological polar surface area (TPSA) is 30.0 Å². The zero-order chi connectivity index (χ0) is 20.1. The third-order valence-electron chi connectivity index (χ3n) is 5.01. The number of hydrogen-bond acceptors (Lipinski definition) is 2. The van der Waals surface area contributed by atoms with Gasteiger partial charge in [0, 0.05) is 34.7 Å². The van der Waals surface area contributed by atoms with Gasteiger partial charge in [-0.1, -0.05) is 84.4 Å². The Kier molecular flexibility index (Phi) is 5.83. The number of Topliss-reactive ketones (excluding diaryl/α,β-unsaturated/α-hetero) is 1. The molecule has 29 heavy (non-hydrogen) atoms. The summed E-state index contributed by atoms with van der Waals surface area (Å²) in [5.74, 6) is -0.0222. The largest absolute Gasteiger partial charge is 0.294 e. The van der Waals surface area contributed by atoms with Gasteiger partial charge in [0.25, 0.3) is 0 Å². The molecule has 3 heteroatoms. The molecule has 0 saturated heterocycles. The first kappa shape index (κ1) is 19.1. The molecule has 142 valence electrons. The zero-order valence-electron chi connectivity index (χ0n) is 15.8. The van der Waals surface area contributed by atoms with E-state index in [0.29, 0.717) is 11.4 Å². The van der Waals surface area contributed by atoms with Crippen LogP contribution in [0.1, 0.15) is 33.8 Å². The molecule has 0 fully saturated rings. The molecule has 0 radical (unpaired) electrons. The fourth-order valence-electron chi connectivity index (χ4n) is 3.61. The highest BCUT2D eigenvalue weighted by atomic mass is 35.5. The van der Waals surface area contributed by atoms with E-state index in [1.165, 1.54) is 0 Å². The standard InChI is InChI=1S/C26H20ClNO/c27-21-12-8-11-20(17-21)24(18-26(29)19-9-2-1-3-10-19)22-13-4-5-14-23(22)25-15-6-7-16-28-25/h1-17,24H,18H2. The minimum Gasteiger partial charge on any atom is -0.294 e. The summed E-state index contributed by atoms with van der Waals surface area (Å²) < 4.78 is 0. The first-order chi connectivity index (χ1) is 14.2. The van der Waals surface area contributed by atoms with Gasteiger partial charge in [-0.3, -0.25) is 9.78 Å². The van der Waals surface area contributed by atoms with E-state index in [1.54, 1.807) is 6.20 Å². The normalized spacial score (nSPS) is 11.8. The molecule has 0 amide bonds. The van der Waals surface area contributed by atoms with E-state index in [-0.39, 0.29) is 11.7 Å². The molecular formula is C26H20ClNO. The predicted molar refractivity (Wildman–Crippen MR) is 118 cm³/mol. The fraction of sp³-hybridized carbons (Fsp3) is 0.0769. The maximum absolute atomic E-state index is 13.1. The molecule has 0 aliphatic rings. The summed E-state index contributed by atoms with van der Waals surface area (Å²) in [5.41, 5.74) is 4.72. The van der Waals surface area contributed by atoms with Crippen LogP contribution < -0.4 is 0 Å². The molecule has 0 saturated carbocycles. The van der Waals surface area contributed by atoms with Crippen molar-refractivity contribution >= 4 is 17.4 Å². The van der Waals surface area contributed by atoms with Crippen molar-refractivity contribution < 1.29 is 4.79 Å². The number of carbonyl (C=O) groups excluding carboxylic acids is 1. The second-order valence-electron chi connectivity index (χ2n) is 6.90. The zero-order valence-corrected chi connectivity index (χ0v) is 16.6. The van der Waals surface area contributed by atoms with Gasteiger partial charge >= 0.3 is 0 Å². The third-order valence-corrected chi connectivity index (χ3v) is 5.25. The monoisotopic (exact) mass is 397 g/mol. The average Bonchev–Trinajstić information content (AvgIpc) is 2.78. The molecule has 0 bridgehead atoms. The SMILES string of the molecule is O=C(CC(c1cccc(Cl)c1)c1ccccc1-c1ccccn1)c1ccccc1. The summed E-state index contributed by atoms with van der Waals surface area (Å²) in [6, 6.07) is 31.2. The van der Waals surface area contributed by atoms with E-state index in [1.807, 2.05) is 84.9 Å². The van der Waals surface area contributed by atoms with Crippen molar-refractivity contribution in [3.05, 3.63) is 125 Å². The highest BCUT2D eigenvalue weighted by Crippen LogP contribution is 2.36. The number of benzene rings is 3. The number of aromatic nitrogens is 1. The van der Waals surface area contributed by atoms with Gasteiger partial charge in [-0.2, -0.15) is 0 Å². The van der Waals surface area contributed by atoms with Crippen LogP contribution in [0.5, 0.6) is 0 Å². The Bertz CT molecular complexity index is 1110. The minimum absolute atomic E-state index is 0.103. The Morgan fingerprint density at radius 2 is 1.59 bits per heavy atom. The fourth-order valence-corrected chi connectivity index (χ4v) is 3.81. The summed E-state index contributed by atoms with van der Waals surface area (Å²) >= 11 is 6.29. The Morgan fingerprint density at radius 1 is 0.828 bits per heavy atom. The predicted octanol–water partition coefficient (Wildman–Crippen LogP) is 6.81. The summed E-state index contributed by atoms with van der Waals surface area (Å²) in [5, 5.41) is 0.662. The van der Waals surface area contributed by atoms with Crippen LogP contribution in [0.2, 0.25) is 5.02 Å². The average molecular weight is 398 g/mol. The van der Waals surface area contributed by atoms with Crippen LogP contribution in [-0.2, 0) is 0 Å². The Hall–Kier alpha value is -3.23. The Balaban J connectivity index is 1.81. The van der Waals surface area contributed by atoms with Crippen LogP contribution in [0.15, 0.2) is 103 Å². The number of rotatable bonds is 6. The van der Waals surface area contributed by atoms with E-state index in [0.717, 1.165) is 27.9 Å². The van der Waals surface area contributed by atoms with Gasteiger partial charge in [0.15, 0.2) is 5.78 Å². The number of hydrogen-bond donors (Lipinski definition) is 0. The van der Waals surface area contributed by atoms with Gasteiger partial charge in [0.05, 0.1) is 5.69 Å². The maximum atomic E-state index is 13.1. The lowest BCUT2D eigenvalue weighted by Crippen LogP contribution is -2.10. The van der Waals surface area contributed by atoms with Gasteiger partial charge < -0.3 is 0 Å². The van der Waals surface area contributed by atoms with Crippen LogP contribution in [0.4, 0.5) is 0 Å². The molecule has 1 aromatic heterocycles. The number of pyridine rings is 1. The van der Waals surface area contributed by atoms with Crippen molar-refractivity contribution in [3.8, 4) is 11.3 Å². The maximum Gasteiger partial charge on any atom is 0.163 e. The van der Waals surface area contributed by atoms with E-state index in [9.17, 15) is 4.79 Å². The Morgan fingerprint density at radius 3 is 2.34 bits per heavy atom. The molecular weight excluding hydrogens is 378 g/mol. The lowest BCUT2D eigenvalue weighted by molar-refractivity contribution is 0.0977. The van der Waals surface area contributed by atoms with E-state index in [4.69, 9.17) is 11.6 Å². The molecule has 4 rings (SSSR count). The molecule has 0 aliphatic heterocycles. The number of carbonyl (C=O) groups is 1. The van der Waals surface area contributed by atoms with Crippen molar-refractivity contribution in [2.24, 2.45) is 0 Å². The number of ketones is 1. The van der Waals surface area contributed by atoms with Gasteiger partial charge in [0.2, 0.25) is 0 Å². The number of nitrogens with zero attached hydrogens (tertiary/aromatic N) is 1. The second kappa shape index (κ2) is 8.85. The quantitative estimate of drug-likeness (QED) is 0.334. The first-order valence-electron chi connectivity index (χ1n) is 9.56. The third kappa shape index (κ3) is 4.44. The van der Waals surface area contributed by atoms with Crippen LogP contribution in [-0.4, -0.2) is 10.8 Å². The molecule has 1 unspecified atom stereocenters. The molecule has 3 aromatic carbocycles. The van der Waals surface area contributed by atoms with Crippen molar-refractivity contribution in [2.75, 3.05) is 0 Å². The van der Waals surface area contributed by atoms with E-state index in [2.05, 4.69) is 17.1 Å². The van der Waals surface area contributed by atoms with Gasteiger partial charge in [-0.15, -0.1) is 0 Å². The molecule has 0 aliphatic carbocycles. The van der Waals surface area contributed by atoms with Crippen molar-refractivity contribution in [3.63, 3.8) is 0 Å². The van der Waals surface area contributed by atoms with Crippen LogP contribution in [0, 0.1) is 0 Å². The lowest BCUT2D eigenvalue weighted by atomic mass is 9.83. The summed E-state index contributed by atoms with van der Waals surface area (Å²) in [7, 11) is 0. The van der Waals surface area contributed by atoms with Gasteiger partial charge in [-0.05, 0) is 35.4 Å². The van der Waals surface area contributed by atoms with Crippen LogP contribution in [0.3, 0.4) is 0 Å². The summed E-state index contributed by atoms with van der Waals surface area (Å²) in [4.78, 5) is 17.6. The second-order valence-corrected chi connectivity index (χ2v) is 7.34. The molecule has 2 nitrogen and oxygen atoms in total. The molecule has 4 aromatic rings. The lowest BCUT2D eigenvalue weighted by Gasteiger charge is -2.21. The Labute approximate surface area is 175 Å². The van der Waals surface area contributed by atoms with Crippen LogP contribution in [0.25, 0.3) is 11.3 Å². The van der Waals surface area contributed by atoms with Crippen molar-refractivity contribution in [1.29, 1.82) is 0 Å². The first-order valence-corrected chi connectivity index (χ1v) is 9.94. The molecule has 0 spiro atoms. The highest BCUT2D eigenvalue weighted by molar-refractivity contribution is 6.30. The van der Waals surface area contributed by atoms with Crippen molar-refractivity contribution in [1.82, 2.24) is 4.98 Å². The van der Waals surface area contributed by atoms with E-state index >= 15 is 0 Å². The summed E-state index contributed by atoms with van der Waals surface area (Å²) in [6.07, 6.45) is 2.14. The minimum atomic E-state index is -0.125. The summed E-state index contributed by atoms with van der Waals surface area (Å²) in [6.45, 7) is 0. The molecule has 1 heterocycles. The number of halogens is 1. The smallest absolute Gasteiger partial charge is 0.163 e. The molecule has 0 N–H and O–H groups in total. The highest BCUT2D eigenvalue weighted by Gasteiger charge is 2.22. The van der Waals surface area contributed by atoms with Gasteiger partial charge in [0.1, 0.15) is 0 Å². The van der Waals surface area contributed by atoms with E-state index < -0.39 is 0 Å². The van der Waals surface area contributed by atoms with Gasteiger partial charge in [-0.25, -0.2) is 0 Å². The van der Waals surface area contributed by atoms with Crippen LogP contribution >= 0.6 is 11.6 Å².